The zero-order valence-electron chi connectivity index (χ0n) is 11.4. The largest absolute Gasteiger partial charge is 0.307 e. The molecule has 5 unspecified atom stereocenters. The Morgan fingerprint density at radius 2 is 1.82 bits per heavy atom. The molecular formula is C14H27N3. The third-order valence-corrected chi connectivity index (χ3v) is 3.96. The van der Waals surface area contributed by atoms with Crippen molar-refractivity contribution in [3.63, 3.8) is 0 Å². The summed E-state index contributed by atoms with van der Waals surface area (Å²) in [6, 6.07) is 1.75. The van der Waals surface area contributed by atoms with Gasteiger partial charge in [-0.2, -0.15) is 0 Å². The van der Waals surface area contributed by atoms with Gasteiger partial charge in [0.2, 0.25) is 0 Å². The van der Waals surface area contributed by atoms with Crippen LogP contribution in [0.4, 0.5) is 0 Å². The molecule has 0 aliphatic carbocycles. The summed E-state index contributed by atoms with van der Waals surface area (Å²) in [6.45, 7) is 6.86. The molecule has 2 heterocycles. The fraction of sp³-hybridized carbons (Fsp3) is 0.929. The Kier molecular flexibility index (Phi) is 4.57. The highest BCUT2D eigenvalue weighted by molar-refractivity contribution is 5.64. The highest BCUT2D eigenvalue weighted by atomic mass is 15.1. The molecule has 2 aliphatic rings. The van der Waals surface area contributed by atoms with Crippen molar-refractivity contribution in [3.05, 3.63) is 0 Å². The van der Waals surface area contributed by atoms with Crippen molar-refractivity contribution in [1.29, 1.82) is 0 Å². The van der Waals surface area contributed by atoms with Gasteiger partial charge in [0, 0.05) is 24.3 Å². The van der Waals surface area contributed by atoms with E-state index < -0.39 is 0 Å². The number of piperidine rings is 2. The van der Waals surface area contributed by atoms with Gasteiger partial charge in [0.25, 0.3) is 0 Å². The Labute approximate surface area is 105 Å². The molecule has 0 aromatic rings. The van der Waals surface area contributed by atoms with Crippen LogP contribution in [0.15, 0.2) is 4.99 Å². The number of hydrogen-bond acceptors (Lipinski definition) is 3. The number of nitrogens with zero attached hydrogens (tertiary/aromatic N) is 1. The third kappa shape index (κ3) is 4.07. The van der Waals surface area contributed by atoms with Crippen molar-refractivity contribution in [2.45, 2.75) is 77.2 Å². The van der Waals surface area contributed by atoms with Crippen LogP contribution in [-0.2, 0) is 0 Å². The zero-order chi connectivity index (χ0) is 12.3. The Morgan fingerprint density at radius 1 is 1.00 bits per heavy atom. The van der Waals surface area contributed by atoms with Crippen LogP contribution in [0.1, 0.15) is 52.9 Å². The van der Waals surface area contributed by atoms with E-state index in [-0.39, 0.29) is 0 Å². The van der Waals surface area contributed by atoms with Gasteiger partial charge in [-0.3, -0.25) is 10.3 Å². The Hall–Kier alpha value is -0.410. The normalized spacial score (nSPS) is 44.1. The number of nitrogens with one attached hydrogen (secondary N) is 2. The first-order valence-electron chi connectivity index (χ1n) is 7.19. The van der Waals surface area contributed by atoms with E-state index >= 15 is 0 Å². The molecule has 0 aromatic carbocycles. The summed E-state index contributed by atoms with van der Waals surface area (Å²) in [5.41, 5.74) is 0. The summed E-state index contributed by atoms with van der Waals surface area (Å²) < 4.78 is 0. The number of aliphatic imine (C=N–C) groups is 1. The van der Waals surface area contributed by atoms with Gasteiger partial charge in [-0.15, -0.1) is 0 Å². The summed E-state index contributed by atoms with van der Waals surface area (Å²) in [5, 5.41) is 7.17. The van der Waals surface area contributed by atoms with Crippen LogP contribution in [0.3, 0.4) is 0 Å². The van der Waals surface area contributed by atoms with Crippen molar-refractivity contribution >= 4 is 6.21 Å². The maximum atomic E-state index is 4.74. The molecule has 0 radical (unpaired) electrons. The van der Waals surface area contributed by atoms with Crippen LogP contribution < -0.4 is 10.6 Å². The minimum Gasteiger partial charge on any atom is -0.307 e. The Bertz CT molecular complexity index is 254. The Morgan fingerprint density at radius 3 is 2.53 bits per heavy atom. The second-order valence-corrected chi connectivity index (χ2v) is 6.06. The lowest BCUT2D eigenvalue weighted by molar-refractivity contribution is 0.272. The van der Waals surface area contributed by atoms with E-state index in [0.29, 0.717) is 24.3 Å². The van der Waals surface area contributed by atoms with Crippen molar-refractivity contribution in [3.8, 4) is 0 Å². The molecule has 0 bridgehead atoms. The molecule has 0 aromatic heterocycles. The molecule has 98 valence electrons. The molecule has 2 aliphatic heterocycles. The minimum atomic E-state index is 0.341. The van der Waals surface area contributed by atoms with E-state index in [0.717, 1.165) is 5.92 Å². The maximum Gasteiger partial charge on any atom is 0.0995 e. The van der Waals surface area contributed by atoms with E-state index in [2.05, 4.69) is 37.6 Å². The standard InChI is InChI=1S/C14H27N3/c1-10-7-12(3)17-14(8-10)15-9-13-6-4-5-11(2)16-13/h9-14,16-17H,4-8H2,1-3H3/b15-9+. The van der Waals surface area contributed by atoms with E-state index in [1.54, 1.807) is 0 Å². The molecule has 5 atom stereocenters. The van der Waals surface area contributed by atoms with Gasteiger partial charge in [0.1, 0.15) is 0 Å². The van der Waals surface area contributed by atoms with Crippen LogP contribution in [0, 0.1) is 5.92 Å². The van der Waals surface area contributed by atoms with Gasteiger partial charge < -0.3 is 5.32 Å². The molecule has 3 nitrogen and oxygen atoms in total. The summed E-state index contributed by atoms with van der Waals surface area (Å²) in [5.74, 6) is 0.798. The smallest absolute Gasteiger partial charge is 0.0995 e. The van der Waals surface area contributed by atoms with Gasteiger partial charge >= 0.3 is 0 Å². The molecule has 2 fully saturated rings. The third-order valence-electron chi connectivity index (χ3n) is 3.96. The van der Waals surface area contributed by atoms with Crippen molar-refractivity contribution in [1.82, 2.24) is 10.6 Å². The molecule has 2 rings (SSSR count). The summed E-state index contributed by atoms with van der Waals surface area (Å²) >= 11 is 0. The second-order valence-electron chi connectivity index (χ2n) is 6.06. The van der Waals surface area contributed by atoms with Crippen LogP contribution in [0.25, 0.3) is 0 Å². The fourth-order valence-corrected chi connectivity index (χ4v) is 3.15. The van der Waals surface area contributed by atoms with Gasteiger partial charge in [0.15, 0.2) is 0 Å². The zero-order valence-corrected chi connectivity index (χ0v) is 11.4. The van der Waals surface area contributed by atoms with Crippen molar-refractivity contribution in [2.75, 3.05) is 0 Å². The lowest BCUT2D eigenvalue weighted by Crippen LogP contribution is -2.44. The van der Waals surface area contributed by atoms with Crippen molar-refractivity contribution in [2.24, 2.45) is 10.9 Å². The SMILES string of the molecule is CC1CC(C)NC(/N=C/C2CCCC(C)N2)C1. The van der Waals surface area contributed by atoms with Gasteiger partial charge in [-0.05, 0) is 51.9 Å². The summed E-state index contributed by atoms with van der Waals surface area (Å²) in [7, 11) is 0. The summed E-state index contributed by atoms with van der Waals surface area (Å²) in [6.07, 6.45) is 8.83. The first-order chi connectivity index (χ1) is 8.13. The monoisotopic (exact) mass is 237 g/mol. The first kappa shape index (κ1) is 13.0. The van der Waals surface area contributed by atoms with Gasteiger partial charge in [-0.25, -0.2) is 0 Å². The van der Waals surface area contributed by atoms with Crippen molar-refractivity contribution < 1.29 is 0 Å². The van der Waals surface area contributed by atoms with E-state index in [4.69, 9.17) is 4.99 Å². The average molecular weight is 237 g/mol. The molecule has 17 heavy (non-hydrogen) atoms. The lowest BCUT2D eigenvalue weighted by atomic mass is 9.93. The maximum absolute atomic E-state index is 4.74. The molecular weight excluding hydrogens is 210 g/mol. The van der Waals surface area contributed by atoms with Crippen LogP contribution in [-0.4, -0.2) is 30.5 Å². The van der Waals surface area contributed by atoms with E-state index in [1.165, 1.54) is 32.1 Å². The molecule has 0 saturated carbocycles. The highest BCUT2D eigenvalue weighted by Crippen LogP contribution is 2.20. The molecule has 2 N–H and O–H groups in total. The molecule has 0 spiro atoms. The van der Waals surface area contributed by atoms with Gasteiger partial charge in [0.05, 0.1) is 6.17 Å². The quantitative estimate of drug-likeness (QED) is 0.723. The minimum absolute atomic E-state index is 0.341. The first-order valence-corrected chi connectivity index (χ1v) is 7.19. The fourth-order valence-electron chi connectivity index (χ4n) is 3.15. The molecule has 2 saturated heterocycles. The van der Waals surface area contributed by atoms with Gasteiger partial charge in [-0.1, -0.05) is 6.92 Å². The molecule has 3 heteroatoms. The molecule has 0 amide bonds. The summed E-state index contributed by atoms with van der Waals surface area (Å²) in [4.78, 5) is 4.74. The van der Waals surface area contributed by atoms with Crippen LogP contribution in [0.5, 0.6) is 0 Å². The number of rotatable bonds is 2. The van der Waals surface area contributed by atoms with Crippen LogP contribution in [0.2, 0.25) is 0 Å². The number of hydrogen-bond donors (Lipinski definition) is 2. The highest BCUT2D eigenvalue weighted by Gasteiger charge is 2.22. The lowest BCUT2D eigenvalue weighted by Gasteiger charge is -2.31. The second kappa shape index (κ2) is 5.96. The Balaban J connectivity index is 1.82. The predicted molar refractivity (Wildman–Crippen MR) is 73.5 cm³/mol. The van der Waals surface area contributed by atoms with E-state index in [1.807, 2.05) is 0 Å². The van der Waals surface area contributed by atoms with E-state index in [9.17, 15) is 0 Å². The topological polar surface area (TPSA) is 36.4 Å². The predicted octanol–water partition coefficient (Wildman–Crippen LogP) is 2.32. The van der Waals surface area contributed by atoms with Crippen LogP contribution >= 0.6 is 0 Å². The average Bonchev–Trinajstić information content (AvgIpc) is 2.25.